The molecule has 2 N–H and O–H groups in total. The number of nitrogens with one attached hydrogen (secondary N) is 2. The Bertz CT molecular complexity index is 1290. The van der Waals surface area contributed by atoms with Gasteiger partial charge in [0.15, 0.2) is 5.82 Å². The highest BCUT2D eigenvalue weighted by molar-refractivity contribution is 5.68. The normalized spacial score (nSPS) is 13.7. The Balaban J connectivity index is 1.83. The van der Waals surface area contributed by atoms with Crippen molar-refractivity contribution in [3.63, 3.8) is 0 Å². The molecule has 0 bridgehead atoms. The van der Waals surface area contributed by atoms with Crippen molar-refractivity contribution in [2.45, 2.75) is 78.5 Å². The number of halogens is 4. The zero-order chi connectivity index (χ0) is 30.4. The van der Waals surface area contributed by atoms with Gasteiger partial charge < -0.3 is 15.4 Å². The van der Waals surface area contributed by atoms with E-state index in [2.05, 4.69) is 20.7 Å². The highest BCUT2D eigenvalue weighted by Gasteiger charge is 2.32. The van der Waals surface area contributed by atoms with Crippen molar-refractivity contribution in [1.29, 1.82) is 0 Å². The van der Waals surface area contributed by atoms with Crippen LogP contribution in [0, 0.1) is 17.0 Å². The lowest BCUT2D eigenvalue weighted by Crippen LogP contribution is -2.44. The van der Waals surface area contributed by atoms with Gasteiger partial charge in [0.05, 0.1) is 18.2 Å². The van der Waals surface area contributed by atoms with Crippen LogP contribution in [0.5, 0.6) is 0 Å². The number of carbonyl (C=O) groups is 1. The third kappa shape index (κ3) is 9.55. The second-order valence-electron chi connectivity index (χ2n) is 12.1. The predicted octanol–water partition coefficient (Wildman–Crippen LogP) is 6.54. The van der Waals surface area contributed by atoms with Crippen LogP contribution in [0.1, 0.15) is 65.3 Å². The third-order valence-corrected chi connectivity index (χ3v) is 6.39. The van der Waals surface area contributed by atoms with Gasteiger partial charge in [-0.05, 0) is 62.9 Å². The van der Waals surface area contributed by atoms with Crippen LogP contribution in [0.15, 0.2) is 48.5 Å². The molecule has 3 aromatic rings. The summed E-state index contributed by atoms with van der Waals surface area (Å²) in [5.41, 5.74) is -0.286. The smallest absolute Gasteiger partial charge is 0.408 e. The SMILES string of the molecule is CC(C)(C)OC(=O)NC(CCNC[C@@H](c1nc(-c2cc(F)ccc2F)nn1Cc1ccccc1)C(C)(C)C)C(F)F. The number of ether oxygens (including phenoxy) is 1. The Morgan fingerprint density at radius 1 is 1.02 bits per heavy atom. The lowest BCUT2D eigenvalue weighted by molar-refractivity contribution is 0.0365. The average Bonchev–Trinajstić information content (AvgIpc) is 3.26. The summed E-state index contributed by atoms with van der Waals surface area (Å²) in [5, 5.41) is 10.0. The number of hydrogen-bond donors (Lipinski definition) is 2. The van der Waals surface area contributed by atoms with Crippen LogP contribution < -0.4 is 10.6 Å². The molecule has 41 heavy (non-hydrogen) atoms. The summed E-state index contributed by atoms with van der Waals surface area (Å²) in [7, 11) is 0. The number of benzene rings is 2. The van der Waals surface area contributed by atoms with Crippen LogP contribution in [0.25, 0.3) is 11.4 Å². The second-order valence-corrected chi connectivity index (χ2v) is 12.1. The molecule has 1 heterocycles. The predicted molar refractivity (Wildman–Crippen MR) is 150 cm³/mol. The second kappa shape index (κ2) is 13.5. The van der Waals surface area contributed by atoms with Gasteiger partial charge in [-0.3, -0.25) is 0 Å². The first-order valence-electron chi connectivity index (χ1n) is 13.6. The lowest BCUT2D eigenvalue weighted by atomic mass is 9.80. The van der Waals surface area contributed by atoms with E-state index in [1.807, 2.05) is 51.1 Å². The molecule has 0 fully saturated rings. The molecule has 1 aromatic heterocycles. The van der Waals surface area contributed by atoms with Crippen molar-refractivity contribution in [2.24, 2.45) is 5.41 Å². The fourth-order valence-corrected chi connectivity index (χ4v) is 4.28. The maximum atomic E-state index is 14.7. The van der Waals surface area contributed by atoms with Gasteiger partial charge in [0.25, 0.3) is 6.43 Å². The van der Waals surface area contributed by atoms with Gasteiger partial charge in [-0.1, -0.05) is 51.1 Å². The van der Waals surface area contributed by atoms with E-state index in [4.69, 9.17) is 4.74 Å². The van der Waals surface area contributed by atoms with Gasteiger partial charge in [0.1, 0.15) is 23.1 Å². The summed E-state index contributed by atoms with van der Waals surface area (Å²) in [6, 6.07) is 11.3. The lowest BCUT2D eigenvalue weighted by Gasteiger charge is -2.31. The quantitative estimate of drug-likeness (QED) is 0.200. The molecular formula is C30H39F4N5O2. The van der Waals surface area contributed by atoms with Gasteiger partial charge in [-0.2, -0.15) is 5.10 Å². The van der Waals surface area contributed by atoms with Crippen LogP contribution in [0.3, 0.4) is 0 Å². The van der Waals surface area contributed by atoms with Crippen molar-refractivity contribution >= 4 is 6.09 Å². The van der Waals surface area contributed by atoms with Crippen molar-refractivity contribution in [1.82, 2.24) is 25.4 Å². The van der Waals surface area contributed by atoms with Crippen molar-refractivity contribution in [3.8, 4) is 11.4 Å². The molecule has 11 heteroatoms. The molecule has 2 atom stereocenters. The zero-order valence-electron chi connectivity index (χ0n) is 24.3. The van der Waals surface area contributed by atoms with Crippen molar-refractivity contribution in [3.05, 3.63) is 71.6 Å². The van der Waals surface area contributed by atoms with Crippen LogP contribution in [-0.2, 0) is 11.3 Å². The van der Waals surface area contributed by atoms with Crippen molar-refractivity contribution < 1.29 is 27.1 Å². The minimum Gasteiger partial charge on any atom is -0.444 e. The molecule has 224 valence electrons. The fraction of sp³-hybridized carbons (Fsp3) is 0.500. The van der Waals surface area contributed by atoms with E-state index in [1.54, 1.807) is 25.5 Å². The van der Waals surface area contributed by atoms with Crippen molar-refractivity contribution in [2.75, 3.05) is 13.1 Å². The first-order chi connectivity index (χ1) is 19.1. The summed E-state index contributed by atoms with van der Waals surface area (Å²) in [5.74, 6) is -0.931. The number of nitrogens with zero attached hydrogens (tertiary/aromatic N) is 3. The molecular weight excluding hydrogens is 538 g/mol. The van der Waals surface area contributed by atoms with E-state index in [-0.39, 0.29) is 35.7 Å². The maximum absolute atomic E-state index is 14.7. The van der Waals surface area contributed by atoms with E-state index >= 15 is 0 Å². The number of amides is 1. The van der Waals surface area contributed by atoms with E-state index in [0.717, 1.165) is 23.8 Å². The first kappa shape index (κ1) is 32.0. The Labute approximate surface area is 238 Å². The van der Waals surface area contributed by atoms with E-state index in [0.29, 0.717) is 18.9 Å². The molecule has 0 saturated heterocycles. The maximum Gasteiger partial charge on any atom is 0.408 e. The number of hydrogen-bond acceptors (Lipinski definition) is 5. The number of aromatic nitrogens is 3. The van der Waals surface area contributed by atoms with Crippen LogP contribution >= 0.6 is 0 Å². The molecule has 0 spiro atoms. The Morgan fingerprint density at radius 3 is 2.32 bits per heavy atom. The summed E-state index contributed by atoms with van der Waals surface area (Å²) in [6.45, 7) is 11.9. The topological polar surface area (TPSA) is 81.1 Å². The number of carbonyl (C=O) groups excluding carboxylic acids is 1. The number of alkyl halides is 2. The summed E-state index contributed by atoms with van der Waals surface area (Å²) in [6.07, 6.45) is -3.72. The van der Waals surface area contributed by atoms with Crippen LogP contribution in [0.2, 0.25) is 0 Å². The monoisotopic (exact) mass is 577 g/mol. The molecule has 0 radical (unpaired) electrons. The number of alkyl carbamates (subject to hydrolysis) is 1. The third-order valence-electron chi connectivity index (χ3n) is 6.39. The molecule has 0 aliphatic heterocycles. The molecule has 1 amide bonds. The van der Waals surface area contributed by atoms with Gasteiger partial charge in [0.2, 0.25) is 0 Å². The largest absolute Gasteiger partial charge is 0.444 e. The van der Waals surface area contributed by atoms with E-state index < -0.39 is 35.8 Å². The highest BCUT2D eigenvalue weighted by atomic mass is 19.3. The first-order valence-corrected chi connectivity index (χ1v) is 13.6. The van der Waals surface area contributed by atoms with Gasteiger partial charge in [-0.15, -0.1) is 0 Å². The van der Waals surface area contributed by atoms with E-state index in [9.17, 15) is 22.4 Å². The Hall–Kier alpha value is -3.47. The van der Waals surface area contributed by atoms with E-state index in [1.165, 1.54) is 0 Å². The number of rotatable bonds is 11. The fourth-order valence-electron chi connectivity index (χ4n) is 4.28. The van der Waals surface area contributed by atoms with Crippen LogP contribution in [-0.4, -0.2) is 52.0 Å². The van der Waals surface area contributed by atoms with Gasteiger partial charge in [0, 0.05) is 12.5 Å². The molecule has 1 unspecified atom stereocenters. The van der Waals surface area contributed by atoms with Crippen LogP contribution in [0.4, 0.5) is 22.4 Å². The minimum absolute atomic E-state index is 0.0375. The van der Waals surface area contributed by atoms with Gasteiger partial charge >= 0.3 is 6.09 Å². The van der Waals surface area contributed by atoms with Gasteiger partial charge in [-0.25, -0.2) is 32.0 Å². The molecule has 0 aliphatic carbocycles. The zero-order valence-corrected chi connectivity index (χ0v) is 24.3. The molecule has 2 aromatic carbocycles. The molecule has 3 rings (SSSR count). The summed E-state index contributed by atoms with van der Waals surface area (Å²) >= 11 is 0. The average molecular weight is 578 g/mol. The molecule has 7 nitrogen and oxygen atoms in total. The Kier molecular flexibility index (Phi) is 10.5. The minimum atomic E-state index is -2.78. The molecule has 0 aliphatic rings. The highest BCUT2D eigenvalue weighted by Crippen LogP contribution is 2.35. The molecule has 0 saturated carbocycles. The Morgan fingerprint density at radius 2 is 1.71 bits per heavy atom. The standard InChI is InChI=1S/C30H39F4N5O2/c1-29(2,3)22(17-35-15-14-24(25(33)34)36-28(40)41-30(4,5)6)27-37-26(21-16-20(31)12-13-23(21)32)38-39(27)18-19-10-8-7-9-11-19/h7-13,16,22,24-25,35H,14-15,17-18H2,1-6H3,(H,36,40)/t22-,24?/m0/s1. The summed E-state index contributed by atoms with van der Waals surface area (Å²) < 4.78 is 62.7. The summed E-state index contributed by atoms with van der Waals surface area (Å²) in [4.78, 5) is 16.7.